The number of nitrogens with zero attached hydrogens (tertiary/aromatic N) is 2. The number of nitrogens with one attached hydrogen (secondary N) is 1. The number of rotatable bonds is 4. The Labute approximate surface area is 137 Å². The monoisotopic (exact) mass is 359 g/mol. The van der Waals surface area contributed by atoms with Crippen LogP contribution in [0.15, 0.2) is 41.4 Å². The molecule has 1 N–H and O–H groups in total. The Hall–Kier alpha value is -1.87. The predicted molar refractivity (Wildman–Crippen MR) is 80.7 cm³/mol. The molecule has 1 aliphatic carbocycles. The summed E-state index contributed by atoms with van der Waals surface area (Å²) in [6.07, 6.45) is -1.23. The third-order valence-electron chi connectivity index (χ3n) is 3.83. The Kier molecular flexibility index (Phi) is 4.39. The standard InChI is InChI=1S/C15H16F3N3O2S/c16-15(17,18)10-21-9-11-5-4-8-13(14(11)19-21)20-24(22,23)12-6-2-1-3-7-12/h1-3,6-7,9,13,20H,4-5,8,10H2/t13-/m1/s1. The molecule has 5 nitrogen and oxygen atoms in total. The molecule has 9 heteroatoms. The fraction of sp³-hybridized carbons (Fsp3) is 0.400. The SMILES string of the molecule is O=S(=O)(N[C@@H]1CCCc2cn(CC(F)(F)F)nc21)c1ccccc1. The predicted octanol–water partition coefficient (Wildman–Crippen LogP) is 2.80. The van der Waals surface area contributed by atoms with Gasteiger partial charge >= 0.3 is 6.18 Å². The van der Waals surface area contributed by atoms with Gasteiger partial charge in [-0.15, -0.1) is 0 Å². The molecule has 1 aromatic carbocycles. The summed E-state index contributed by atoms with van der Waals surface area (Å²) in [5, 5.41) is 3.97. The van der Waals surface area contributed by atoms with Crippen molar-refractivity contribution in [3.63, 3.8) is 0 Å². The van der Waals surface area contributed by atoms with E-state index in [9.17, 15) is 21.6 Å². The first kappa shape index (κ1) is 17.0. The molecule has 0 fully saturated rings. The average Bonchev–Trinajstić information content (AvgIpc) is 2.89. The van der Waals surface area contributed by atoms with Crippen LogP contribution in [0.4, 0.5) is 13.2 Å². The van der Waals surface area contributed by atoms with E-state index in [2.05, 4.69) is 9.82 Å². The van der Waals surface area contributed by atoms with E-state index in [-0.39, 0.29) is 4.90 Å². The summed E-state index contributed by atoms with van der Waals surface area (Å²) in [5.41, 5.74) is 1.04. The first-order valence-corrected chi connectivity index (χ1v) is 8.93. The van der Waals surface area contributed by atoms with Gasteiger partial charge in [-0.3, -0.25) is 4.68 Å². The highest BCUT2D eigenvalue weighted by Gasteiger charge is 2.32. The highest BCUT2D eigenvalue weighted by molar-refractivity contribution is 7.89. The van der Waals surface area contributed by atoms with Crippen LogP contribution in [0.25, 0.3) is 0 Å². The molecule has 1 atom stereocenters. The van der Waals surface area contributed by atoms with Gasteiger partial charge in [0, 0.05) is 6.20 Å². The number of aromatic nitrogens is 2. The smallest absolute Gasteiger partial charge is 0.263 e. The van der Waals surface area contributed by atoms with Crippen molar-refractivity contribution >= 4 is 10.0 Å². The van der Waals surface area contributed by atoms with Gasteiger partial charge in [-0.2, -0.15) is 18.3 Å². The number of hydrogen-bond acceptors (Lipinski definition) is 3. The maximum Gasteiger partial charge on any atom is 0.408 e. The van der Waals surface area contributed by atoms with Gasteiger partial charge in [0.15, 0.2) is 0 Å². The van der Waals surface area contributed by atoms with Crippen LogP contribution >= 0.6 is 0 Å². The number of alkyl halides is 3. The lowest BCUT2D eigenvalue weighted by molar-refractivity contribution is -0.142. The van der Waals surface area contributed by atoms with Gasteiger partial charge in [0.2, 0.25) is 10.0 Å². The fourth-order valence-corrected chi connectivity index (χ4v) is 4.09. The molecule has 1 aromatic heterocycles. The van der Waals surface area contributed by atoms with E-state index in [1.807, 2.05) is 0 Å². The van der Waals surface area contributed by atoms with Gasteiger partial charge in [0.25, 0.3) is 0 Å². The van der Waals surface area contributed by atoms with E-state index >= 15 is 0 Å². The molecule has 0 unspecified atom stereocenters. The van der Waals surface area contributed by atoms with Crippen LogP contribution < -0.4 is 4.72 Å². The first-order valence-electron chi connectivity index (χ1n) is 7.45. The highest BCUT2D eigenvalue weighted by Crippen LogP contribution is 2.30. The van der Waals surface area contributed by atoms with Gasteiger partial charge in [0.05, 0.1) is 16.6 Å². The van der Waals surface area contributed by atoms with Crippen molar-refractivity contribution in [2.45, 2.75) is 42.9 Å². The minimum absolute atomic E-state index is 0.117. The summed E-state index contributed by atoms with van der Waals surface area (Å²) in [6, 6.07) is 7.24. The first-order chi connectivity index (χ1) is 11.2. The second kappa shape index (κ2) is 6.21. The van der Waals surface area contributed by atoms with Crippen LogP contribution in [0.5, 0.6) is 0 Å². The van der Waals surface area contributed by atoms with Crippen molar-refractivity contribution < 1.29 is 21.6 Å². The average molecular weight is 359 g/mol. The van der Waals surface area contributed by atoms with Crippen LogP contribution in [-0.2, 0) is 23.0 Å². The van der Waals surface area contributed by atoms with Gasteiger partial charge in [0.1, 0.15) is 6.54 Å². The number of hydrogen-bond donors (Lipinski definition) is 1. The molecular formula is C15H16F3N3O2S. The molecule has 1 heterocycles. The quantitative estimate of drug-likeness (QED) is 0.913. The van der Waals surface area contributed by atoms with E-state index in [0.29, 0.717) is 30.5 Å². The molecule has 0 aliphatic heterocycles. The van der Waals surface area contributed by atoms with E-state index in [4.69, 9.17) is 0 Å². The van der Waals surface area contributed by atoms with Crippen LogP contribution in [0.1, 0.15) is 30.1 Å². The van der Waals surface area contributed by atoms with E-state index in [1.165, 1.54) is 18.3 Å². The summed E-state index contributed by atoms with van der Waals surface area (Å²) in [6.45, 7) is -1.18. The molecule has 3 rings (SSSR count). The van der Waals surface area contributed by atoms with Crippen molar-refractivity contribution in [3.8, 4) is 0 Å². The minimum atomic E-state index is -4.37. The highest BCUT2D eigenvalue weighted by atomic mass is 32.2. The van der Waals surface area contributed by atoms with Gasteiger partial charge in [-0.1, -0.05) is 18.2 Å². The third kappa shape index (κ3) is 3.78. The van der Waals surface area contributed by atoms with Crippen molar-refractivity contribution in [1.29, 1.82) is 0 Å². The summed E-state index contributed by atoms with van der Waals surface area (Å²) < 4.78 is 65.8. The summed E-state index contributed by atoms with van der Waals surface area (Å²) >= 11 is 0. The van der Waals surface area contributed by atoms with Crippen LogP contribution in [0.3, 0.4) is 0 Å². The largest absolute Gasteiger partial charge is 0.408 e. The molecule has 1 aliphatic rings. The fourth-order valence-electron chi connectivity index (χ4n) is 2.83. The Morgan fingerprint density at radius 3 is 2.62 bits per heavy atom. The van der Waals surface area contributed by atoms with Gasteiger partial charge in [-0.25, -0.2) is 13.1 Å². The second-order valence-corrected chi connectivity index (χ2v) is 7.45. The lowest BCUT2D eigenvalue weighted by Gasteiger charge is -2.22. The van der Waals surface area contributed by atoms with Crippen molar-refractivity contribution in [1.82, 2.24) is 14.5 Å². The maximum atomic E-state index is 12.5. The molecule has 0 bridgehead atoms. The van der Waals surface area contributed by atoms with Crippen LogP contribution in [0.2, 0.25) is 0 Å². The topological polar surface area (TPSA) is 64.0 Å². The van der Waals surface area contributed by atoms with Gasteiger partial charge in [-0.05, 0) is 37.0 Å². The third-order valence-corrected chi connectivity index (χ3v) is 5.32. The number of fused-ring (bicyclic) bond motifs is 1. The zero-order valence-corrected chi connectivity index (χ0v) is 13.4. The number of aryl methyl sites for hydroxylation is 1. The zero-order valence-electron chi connectivity index (χ0n) is 12.6. The molecule has 0 saturated heterocycles. The van der Waals surface area contributed by atoms with E-state index < -0.39 is 28.8 Å². The zero-order chi connectivity index (χ0) is 17.4. The number of halogens is 3. The lowest BCUT2D eigenvalue weighted by atomic mass is 9.94. The Balaban J connectivity index is 1.85. The summed E-state index contributed by atoms with van der Waals surface area (Å²) in [7, 11) is -3.75. The maximum absolute atomic E-state index is 12.5. The minimum Gasteiger partial charge on any atom is -0.263 e. The van der Waals surface area contributed by atoms with Crippen molar-refractivity contribution in [3.05, 3.63) is 47.8 Å². The van der Waals surface area contributed by atoms with Crippen LogP contribution in [-0.4, -0.2) is 24.4 Å². The molecule has 24 heavy (non-hydrogen) atoms. The Morgan fingerprint density at radius 2 is 1.96 bits per heavy atom. The van der Waals surface area contributed by atoms with Crippen molar-refractivity contribution in [2.75, 3.05) is 0 Å². The Bertz CT molecular complexity index is 816. The van der Waals surface area contributed by atoms with E-state index in [0.717, 1.165) is 4.68 Å². The normalized spacial score (nSPS) is 18.4. The van der Waals surface area contributed by atoms with Crippen LogP contribution in [0, 0.1) is 0 Å². The number of sulfonamides is 1. The molecule has 0 saturated carbocycles. The molecule has 2 aromatic rings. The Morgan fingerprint density at radius 1 is 1.25 bits per heavy atom. The van der Waals surface area contributed by atoms with Crippen molar-refractivity contribution in [2.24, 2.45) is 0 Å². The second-order valence-electron chi connectivity index (χ2n) is 5.73. The summed E-state index contributed by atoms with van der Waals surface area (Å²) in [5.74, 6) is 0. The molecular weight excluding hydrogens is 343 g/mol. The molecule has 0 spiro atoms. The molecule has 130 valence electrons. The molecule has 0 radical (unpaired) electrons. The summed E-state index contributed by atoms with van der Waals surface area (Å²) in [4.78, 5) is 0.117. The number of benzene rings is 1. The molecule has 0 amide bonds. The van der Waals surface area contributed by atoms with Gasteiger partial charge < -0.3 is 0 Å². The lowest BCUT2D eigenvalue weighted by Crippen LogP contribution is -2.31. The van der Waals surface area contributed by atoms with E-state index in [1.54, 1.807) is 18.2 Å².